The summed E-state index contributed by atoms with van der Waals surface area (Å²) in [5, 5.41) is 8.15. The van der Waals surface area contributed by atoms with Gasteiger partial charge in [-0.3, -0.25) is 4.79 Å². The van der Waals surface area contributed by atoms with Crippen molar-refractivity contribution < 1.29 is 4.79 Å². The van der Waals surface area contributed by atoms with Crippen LogP contribution in [0.15, 0.2) is 41.8 Å². The summed E-state index contributed by atoms with van der Waals surface area (Å²) in [6, 6.07) is 11.9. The van der Waals surface area contributed by atoms with Crippen molar-refractivity contribution in [3.05, 3.63) is 52.2 Å². The molecule has 0 bridgehead atoms. The molecule has 0 spiro atoms. The Labute approximate surface area is 125 Å². The first kappa shape index (κ1) is 13.3. The summed E-state index contributed by atoms with van der Waals surface area (Å²) < 4.78 is 2.34. The number of rotatable bonds is 4. The van der Waals surface area contributed by atoms with Crippen molar-refractivity contribution in [3.63, 3.8) is 0 Å². The molecule has 0 saturated carbocycles. The molecule has 1 amide bonds. The highest BCUT2D eigenvalue weighted by atomic mass is 32.1. The number of anilines is 1. The van der Waals surface area contributed by atoms with Crippen molar-refractivity contribution >= 4 is 43.7 Å². The summed E-state index contributed by atoms with van der Waals surface area (Å²) in [6.45, 7) is 0.732. The number of para-hydroxylation sites is 1. The predicted molar refractivity (Wildman–Crippen MR) is 86.9 cm³/mol. The van der Waals surface area contributed by atoms with Crippen LogP contribution in [-0.2, 0) is 6.54 Å². The Morgan fingerprint density at radius 2 is 2.05 bits per heavy atom. The van der Waals surface area contributed by atoms with Crippen LogP contribution in [-0.4, -0.2) is 13.0 Å². The number of benzene rings is 1. The molecular formula is C15H14N2OS2. The highest BCUT2D eigenvalue weighted by Gasteiger charge is 2.12. The van der Waals surface area contributed by atoms with E-state index in [0.717, 1.165) is 22.7 Å². The number of hydrogen-bond donors (Lipinski definition) is 2. The molecular weight excluding hydrogens is 288 g/mol. The van der Waals surface area contributed by atoms with E-state index in [-0.39, 0.29) is 5.91 Å². The van der Waals surface area contributed by atoms with Gasteiger partial charge in [-0.15, -0.1) is 22.7 Å². The zero-order valence-corrected chi connectivity index (χ0v) is 12.6. The van der Waals surface area contributed by atoms with E-state index >= 15 is 0 Å². The molecule has 3 rings (SSSR count). The van der Waals surface area contributed by atoms with Crippen molar-refractivity contribution in [2.45, 2.75) is 6.54 Å². The fraction of sp³-hybridized carbons (Fsp3) is 0.133. The topological polar surface area (TPSA) is 41.1 Å². The third-order valence-electron chi connectivity index (χ3n) is 3.00. The maximum Gasteiger partial charge on any atom is 0.265 e. The zero-order chi connectivity index (χ0) is 13.9. The molecule has 2 aromatic heterocycles. The molecule has 0 aliphatic heterocycles. The minimum absolute atomic E-state index is 0.0399. The minimum atomic E-state index is -0.0399. The van der Waals surface area contributed by atoms with Gasteiger partial charge < -0.3 is 10.6 Å². The second-order valence-electron chi connectivity index (χ2n) is 4.40. The van der Waals surface area contributed by atoms with E-state index in [1.54, 1.807) is 11.3 Å². The lowest BCUT2D eigenvalue weighted by Gasteiger charge is -2.09. The number of carbonyl (C=O) groups is 1. The summed E-state index contributed by atoms with van der Waals surface area (Å²) in [6.07, 6.45) is 0. The van der Waals surface area contributed by atoms with E-state index in [4.69, 9.17) is 0 Å². The lowest BCUT2D eigenvalue weighted by Crippen LogP contribution is -2.14. The van der Waals surface area contributed by atoms with Gasteiger partial charge in [-0.25, -0.2) is 0 Å². The Balaban J connectivity index is 1.83. The highest BCUT2D eigenvalue weighted by molar-refractivity contribution is 7.27. The fourth-order valence-electron chi connectivity index (χ4n) is 2.05. The highest BCUT2D eigenvalue weighted by Crippen LogP contribution is 2.30. The predicted octanol–water partition coefficient (Wildman–Crippen LogP) is 3.93. The Morgan fingerprint density at radius 3 is 2.85 bits per heavy atom. The smallest absolute Gasteiger partial charge is 0.265 e. The molecule has 0 unspecified atom stereocenters. The van der Waals surface area contributed by atoms with Gasteiger partial charge in [0.25, 0.3) is 5.91 Å². The van der Waals surface area contributed by atoms with Crippen molar-refractivity contribution in [2.75, 3.05) is 12.4 Å². The van der Waals surface area contributed by atoms with Crippen LogP contribution in [0.5, 0.6) is 0 Å². The van der Waals surface area contributed by atoms with Crippen molar-refractivity contribution in [1.82, 2.24) is 5.32 Å². The first-order valence-corrected chi connectivity index (χ1v) is 7.98. The normalized spacial score (nSPS) is 10.8. The van der Waals surface area contributed by atoms with Crippen LogP contribution in [0.4, 0.5) is 5.69 Å². The standard InChI is InChI=1S/C15H14N2OS2/c1-16-9-10-4-2-3-5-11(10)17-15(18)14-8-13-12(20-14)6-7-19-13/h2-8,16H,9H2,1H3,(H,17,18). The molecule has 0 saturated heterocycles. The monoisotopic (exact) mass is 302 g/mol. The van der Waals surface area contributed by atoms with Crippen LogP contribution in [0.2, 0.25) is 0 Å². The third-order valence-corrected chi connectivity index (χ3v) is 5.09. The zero-order valence-electron chi connectivity index (χ0n) is 11.0. The van der Waals surface area contributed by atoms with E-state index in [1.807, 2.05) is 42.8 Å². The quantitative estimate of drug-likeness (QED) is 0.766. The molecule has 0 atom stereocenters. The Morgan fingerprint density at radius 1 is 1.20 bits per heavy atom. The number of fused-ring (bicyclic) bond motifs is 1. The fourth-order valence-corrected chi connectivity index (χ4v) is 4.05. The number of carbonyl (C=O) groups excluding carboxylic acids is 1. The third kappa shape index (κ3) is 2.60. The largest absolute Gasteiger partial charge is 0.321 e. The number of nitrogens with one attached hydrogen (secondary N) is 2. The Kier molecular flexibility index (Phi) is 3.82. The maximum absolute atomic E-state index is 12.3. The van der Waals surface area contributed by atoms with E-state index < -0.39 is 0 Å². The molecule has 2 N–H and O–H groups in total. The van der Waals surface area contributed by atoms with Crippen LogP contribution in [0.1, 0.15) is 15.2 Å². The molecule has 2 heterocycles. The average Bonchev–Trinajstić information content (AvgIpc) is 3.02. The van der Waals surface area contributed by atoms with Gasteiger partial charge in [0.2, 0.25) is 0 Å². The van der Waals surface area contributed by atoms with Crippen molar-refractivity contribution in [2.24, 2.45) is 0 Å². The molecule has 0 fully saturated rings. The van der Waals surface area contributed by atoms with Gasteiger partial charge in [-0.2, -0.15) is 0 Å². The van der Waals surface area contributed by atoms with E-state index in [1.165, 1.54) is 20.7 Å². The van der Waals surface area contributed by atoms with Gasteiger partial charge in [0.05, 0.1) is 4.88 Å². The molecule has 3 nitrogen and oxygen atoms in total. The van der Waals surface area contributed by atoms with Gasteiger partial charge in [0.1, 0.15) is 0 Å². The van der Waals surface area contributed by atoms with Crippen molar-refractivity contribution in [3.8, 4) is 0 Å². The van der Waals surface area contributed by atoms with Gasteiger partial charge >= 0.3 is 0 Å². The average molecular weight is 302 g/mol. The summed E-state index contributed by atoms with van der Waals surface area (Å²) in [5.41, 5.74) is 1.95. The van der Waals surface area contributed by atoms with Gasteiger partial charge in [-0.1, -0.05) is 18.2 Å². The van der Waals surface area contributed by atoms with Crippen LogP contribution in [0.3, 0.4) is 0 Å². The van der Waals surface area contributed by atoms with Crippen LogP contribution in [0, 0.1) is 0 Å². The Hall–Kier alpha value is -1.69. The van der Waals surface area contributed by atoms with E-state index in [0.29, 0.717) is 0 Å². The molecule has 102 valence electrons. The van der Waals surface area contributed by atoms with Crippen molar-refractivity contribution in [1.29, 1.82) is 0 Å². The number of hydrogen-bond acceptors (Lipinski definition) is 4. The first-order valence-electron chi connectivity index (χ1n) is 6.29. The van der Waals surface area contributed by atoms with Gasteiger partial charge in [0, 0.05) is 21.6 Å². The van der Waals surface area contributed by atoms with Gasteiger partial charge in [0.15, 0.2) is 0 Å². The molecule has 5 heteroatoms. The van der Waals surface area contributed by atoms with Crippen LogP contribution >= 0.6 is 22.7 Å². The summed E-state index contributed by atoms with van der Waals surface area (Å²) in [4.78, 5) is 13.1. The molecule has 3 aromatic rings. The van der Waals surface area contributed by atoms with Crippen LogP contribution < -0.4 is 10.6 Å². The molecule has 1 aromatic carbocycles. The van der Waals surface area contributed by atoms with E-state index in [2.05, 4.69) is 16.7 Å². The molecule has 0 aliphatic carbocycles. The second kappa shape index (κ2) is 5.75. The Bertz CT molecular complexity index is 717. The molecule has 0 aliphatic rings. The lowest BCUT2D eigenvalue weighted by molar-refractivity contribution is 0.103. The number of thiophene rings is 2. The van der Waals surface area contributed by atoms with Gasteiger partial charge in [-0.05, 0) is 36.2 Å². The summed E-state index contributed by atoms with van der Waals surface area (Å²) in [7, 11) is 1.89. The summed E-state index contributed by atoms with van der Waals surface area (Å²) >= 11 is 3.20. The SMILES string of the molecule is CNCc1ccccc1NC(=O)c1cc2sccc2s1. The first-order chi connectivity index (χ1) is 9.78. The maximum atomic E-state index is 12.3. The number of amides is 1. The van der Waals surface area contributed by atoms with E-state index in [9.17, 15) is 4.79 Å². The van der Waals surface area contributed by atoms with Crippen LogP contribution in [0.25, 0.3) is 9.40 Å². The summed E-state index contributed by atoms with van der Waals surface area (Å²) in [5.74, 6) is -0.0399. The molecule has 0 radical (unpaired) electrons. The molecule has 20 heavy (non-hydrogen) atoms. The lowest BCUT2D eigenvalue weighted by atomic mass is 10.1. The second-order valence-corrected chi connectivity index (χ2v) is 6.43. The minimum Gasteiger partial charge on any atom is -0.321 e.